The summed E-state index contributed by atoms with van der Waals surface area (Å²) in [6, 6.07) is 5.92. The second-order valence-corrected chi connectivity index (χ2v) is 8.77. The second-order valence-electron chi connectivity index (χ2n) is 5.26. The zero-order valence-corrected chi connectivity index (χ0v) is 14.6. The van der Waals surface area contributed by atoms with E-state index in [0.29, 0.717) is 24.7 Å². The van der Waals surface area contributed by atoms with Crippen LogP contribution in [0.4, 0.5) is 5.69 Å². The zero-order valence-electron chi connectivity index (χ0n) is 13.0. The van der Waals surface area contributed by atoms with Crippen LogP contribution < -0.4 is 14.8 Å². The molecule has 0 aromatic heterocycles. The standard InChI is InChI=1S/C13H23N3O4S2/c1-11(2)14-9-4-10-15-22(19,20)13-7-5-12(6-8-13)16-21(3,17)18/h5-8,11,14-16H,4,9-10H2,1-3H3. The maximum Gasteiger partial charge on any atom is 0.240 e. The SMILES string of the molecule is CC(C)NCCCNS(=O)(=O)c1ccc(NS(C)(=O)=O)cc1. The summed E-state index contributed by atoms with van der Waals surface area (Å²) in [7, 11) is -6.95. The van der Waals surface area contributed by atoms with E-state index < -0.39 is 20.0 Å². The molecule has 7 nitrogen and oxygen atoms in total. The van der Waals surface area contributed by atoms with Gasteiger partial charge in [-0.05, 0) is 37.2 Å². The highest BCUT2D eigenvalue weighted by atomic mass is 32.2. The lowest BCUT2D eigenvalue weighted by atomic mass is 10.3. The van der Waals surface area contributed by atoms with Gasteiger partial charge in [-0.1, -0.05) is 13.8 Å². The van der Waals surface area contributed by atoms with Crippen molar-refractivity contribution in [1.82, 2.24) is 10.0 Å². The molecule has 0 unspecified atom stereocenters. The molecule has 0 aliphatic carbocycles. The van der Waals surface area contributed by atoms with Crippen LogP contribution in [0, 0.1) is 0 Å². The van der Waals surface area contributed by atoms with Crippen LogP contribution in [-0.4, -0.2) is 42.2 Å². The van der Waals surface area contributed by atoms with Crippen LogP contribution in [0.1, 0.15) is 20.3 Å². The maximum atomic E-state index is 12.1. The first kappa shape index (κ1) is 18.9. The Bertz CT molecular complexity index is 668. The Labute approximate surface area is 132 Å². The van der Waals surface area contributed by atoms with E-state index in [9.17, 15) is 16.8 Å². The molecule has 0 aliphatic rings. The van der Waals surface area contributed by atoms with Crippen LogP contribution in [0.5, 0.6) is 0 Å². The summed E-state index contributed by atoms with van der Waals surface area (Å²) >= 11 is 0. The molecule has 126 valence electrons. The normalized spacial score (nSPS) is 12.5. The van der Waals surface area contributed by atoms with Crippen molar-refractivity contribution in [2.24, 2.45) is 0 Å². The molecule has 0 amide bonds. The first-order valence-corrected chi connectivity index (χ1v) is 10.3. The first-order chi connectivity index (χ1) is 10.1. The highest BCUT2D eigenvalue weighted by Gasteiger charge is 2.13. The van der Waals surface area contributed by atoms with Crippen molar-refractivity contribution >= 4 is 25.7 Å². The lowest BCUT2D eigenvalue weighted by Crippen LogP contribution is -2.29. The molecule has 0 radical (unpaired) electrons. The lowest BCUT2D eigenvalue weighted by Gasteiger charge is -2.10. The van der Waals surface area contributed by atoms with Gasteiger partial charge in [0.1, 0.15) is 0 Å². The molecule has 9 heteroatoms. The molecule has 1 aromatic carbocycles. The van der Waals surface area contributed by atoms with Crippen LogP contribution in [0.3, 0.4) is 0 Å². The van der Waals surface area contributed by atoms with Gasteiger partial charge in [0.25, 0.3) is 0 Å². The number of rotatable bonds is 9. The average Bonchev–Trinajstić information content (AvgIpc) is 2.36. The molecule has 0 heterocycles. The largest absolute Gasteiger partial charge is 0.314 e. The van der Waals surface area contributed by atoms with Crippen LogP contribution in [0.15, 0.2) is 29.2 Å². The number of sulfonamides is 2. The summed E-state index contributed by atoms with van der Waals surface area (Å²) in [4.78, 5) is 0.100. The van der Waals surface area contributed by atoms with E-state index in [-0.39, 0.29) is 4.90 Å². The van der Waals surface area contributed by atoms with E-state index in [1.807, 2.05) is 13.8 Å². The highest BCUT2D eigenvalue weighted by Crippen LogP contribution is 2.14. The van der Waals surface area contributed by atoms with E-state index in [0.717, 1.165) is 12.8 Å². The van der Waals surface area contributed by atoms with E-state index in [4.69, 9.17) is 0 Å². The Kier molecular flexibility index (Phi) is 6.79. The smallest absolute Gasteiger partial charge is 0.240 e. The Morgan fingerprint density at radius 3 is 2.09 bits per heavy atom. The summed E-state index contributed by atoms with van der Waals surface area (Å²) in [5.41, 5.74) is 0.322. The van der Waals surface area contributed by atoms with Crippen molar-refractivity contribution in [3.05, 3.63) is 24.3 Å². The second kappa shape index (κ2) is 7.91. The molecule has 0 bridgehead atoms. The molecule has 0 atom stereocenters. The van der Waals surface area contributed by atoms with Gasteiger partial charge in [0.15, 0.2) is 0 Å². The lowest BCUT2D eigenvalue weighted by molar-refractivity contribution is 0.554. The van der Waals surface area contributed by atoms with Gasteiger partial charge in [-0.25, -0.2) is 21.6 Å². The van der Waals surface area contributed by atoms with Gasteiger partial charge >= 0.3 is 0 Å². The fourth-order valence-electron chi connectivity index (χ4n) is 1.69. The van der Waals surface area contributed by atoms with Gasteiger partial charge in [-0.2, -0.15) is 0 Å². The van der Waals surface area contributed by atoms with Crippen LogP contribution in [0.25, 0.3) is 0 Å². The molecular formula is C13H23N3O4S2. The molecule has 1 aromatic rings. The Hall–Kier alpha value is -1.16. The Balaban J connectivity index is 2.58. The topological polar surface area (TPSA) is 104 Å². The minimum atomic E-state index is -3.58. The molecule has 0 saturated heterocycles. The van der Waals surface area contributed by atoms with Gasteiger partial charge < -0.3 is 5.32 Å². The Morgan fingerprint density at radius 1 is 1.00 bits per heavy atom. The predicted octanol–water partition coefficient (Wildman–Crippen LogP) is 0.725. The van der Waals surface area contributed by atoms with E-state index >= 15 is 0 Å². The van der Waals surface area contributed by atoms with Crippen LogP contribution >= 0.6 is 0 Å². The monoisotopic (exact) mass is 349 g/mol. The summed E-state index contributed by atoms with van der Waals surface area (Å²) < 4.78 is 51.1. The number of hydrogen-bond acceptors (Lipinski definition) is 5. The van der Waals surface area contributed by atoms with Gasteiger partial charge in [0.05, 0.1) is 11.2 Å². The van der Waals surface area contributed by atoms with Crippen molar-refractivity contribution in [3.8, 4) is 0 Å². The number of nitrogens with one attached hydrogen (secondary N) is 3. The summed E-state index contributed by atoms with van der Waals surface area (Å²) in [6.45, 7) is 5.12. The molecule has 22 heavy (non-hydrogen) atoms. The van der Waals surface area contributed by atoms with Crippen LogP contribution in [0.2, 0.25) is 0 Å². The van der Waals surface area contributed by atoms with E-state index in [1.165, 1.54) is 24.3 Å². The summed E-state index contributed by atoms with van der Waals surface area (Å²) in [5.74, 6) is 0. The van der Waals surface area contributed by atoms with Gasteiger partial charge in [-0.15, -0.1) is 0 Å². The van der Waals surface area contributed by atoms with Crippen molar-refractivity contribution in [3.63, 3.8) is 0 Å². The molecule has 1 rings (SSSR count). The molecule has 0 aliphatic heterocycles. The van der Waals surface area contributed by atoms with Crippen molar-refractivity contribution in [2.45, 2.75) is 31.2 Å². The van der Waals surface area contributed by atoms with Crippen molar-refractivity contribution in [1.29, 1.82) is 0 Å². The van der Waals surface area contributed by atoms with Gasteiger partial charge in [-0.3, -0.25) is 4.72 Å². The van der Waals surface area contributed by atoms with E-state index in [1.54, 1.807) is 0 Å². The van der Waals surface area contributed by atoms with Crippen molar-refractivity contribution in [2.75, 3.05) is 24.1 Å². The fourth-order valence-corrected chi connectivity index (χ4v) is 3.32. The number of hydrogen-bond donors (Lipinski definition) is 3. The minimum absolute atomic E-state index is 0.100. The molecule has 0 saturated carbocycles. The number of benzene rings is 1. The molecular weight excluding hydrogens is 326 g/mol. The van der Waals surface area contributed by atoms with Gasteiger partial charge in [0.2, 0.25) is 20.0 Å². The summed E-state index contributed by atoms with van der Waals surface area (Å²) in [5, 5.41) is 3.20. The van der Waals surface area contributed by atoms with Crippen molar-refractivity contribution < 1.29 is 16.8 Å². The third kappa shape index (κ3) is 7.21. The highest BCUT2D eigenvalue weighted by molar-refractivity contribution is 7.92. The van der Waals surface area contributed by atoms with Crippen LogP contribution in [-0.2, 0) is 20.0 Å². The molecule has 0 spiro atoms. The zero-order chi connectivity index (χ0) is 16.8. The third-order valence-corrected chi connectivity index (χ3v) is 4.75. The summed E-state index contributed by atoms with van der Waals surface area (Å²) in [6.07, 6.45) is 1.72. The Morgan fingerprint density at radius 2 is 1.59 bits per heavy atom. The average molecular weight is 349 g/mol. The molecule has 3 N–H and O–H groups in total. The molecule has 0 fully saturated rings. The third-order valence-electron chi connectivity index (χ3n) is 2.67. The number of anilines is 1. The van der Waals surface area contributed by atoms with E-state index in [2.05, 4.69) is 14.8 Å². The maximum absolute atomic E-state index is 12.1. The predicted molar refractivity (Wildman–Crippen MR) is 87.9 cm³/mol. The minimum Gasteiger partial charge on any atom is -0.314 e. The quantitative estimate of drug-likeness (QED) is 0.570. The first-order valence-electron chi connectivity index (χ1n) is 6.91. The fraction of sp³-hybridized carbons (Fsp3) is 0.538. The van der Waals surface area contributed by atoms with Gasteiger partial charge in [0, 0.05) is 18.3 Å².